The Morgan fingerprint density at radius 1 is 1.17 bits per heavy atom. The molecule has 0 unspecified atom stereocenters. The van der Waals surface area contributed by atoms with Crippen molar-refractivity contribution in [2.75, 3.05) is 17.6 Å². The molecule has 9 heteroatoms. The number of hydrogen-bond acceptors (Lipinski definition) is 6. The molecule has 1 aromatic carbocycles. The Morgan fingerprint density at radius 3 is 2.63 bits per heavy atom. The standard InChI is InChI=1S/C21H22F2N6S/c1-21(2,3)29-18(24)16-17(14-7-6-12(22)11-15(14)23)26-20(27-19(16)28-29)25-9-8-13-5-4-10-30-13/h4-7,10-11H,8-9,24H2,1-3H3,(H,25,27,28). The van der Waals surface area contributed by atoms with E-state index < -0.39 is 17.2 Å². The van der Waals surface area contributed by atoms with Crippen LogP contribution in [0.15, 0.2) is 35.7 Å². The zero-order valence-corrected chi connectivity index (χ0v) is 17.7. The highest BCUT2D eigenvalue weighted by Gasteiger charge is 2.25. The lowest BCUT2D eigenvalue weighted by Gasteiger charge is -2.20. The van der Waals surface area contributed by atoms with Crippen molar-refractivity contribution in [3.8, 4) is 11.3 Å². The van der Waals surface area contributed by atoms with Gasteiger partial charge in [-0.15, -0.1) is 16.4 Å². The molecule has 0 saturated carbocycles. The molecule has 30 heavy (non-hydrogen) atoms. The zero-order chi connectivity index (χ0) is 21.5. The third-order valence-corrected chi connectivity index (χ3v) is 5.56. The third-order valence-electron chi connectivity index (χ3n) is 4.63. The molecule has 0 amide bonds. The molecule has 0 bridgehead atoms. The highest BCUT2D eigenvalue weighted by molar-refractivity contribution is 7.09. The Bertz CT molecular complexity index is 1190. The maximum absolute atomic E-state index is 14.6. The summed E-state index contributed by atoms with van der Waals surface area (Å²) in [5.74, 6) is -0.727. The van der Waals surface area contributed by atoms with Crippen LogP contribution in [-0.4, -0.2) is 26.3 Å². The minimum absolute atomic E-state index is 0.144. The lowest BCUT2D eigenvalue weighted by molar-refractivity contribution is 0.364. The van der Waals surface area contributed by atoms with Gasteiger partial charge >= 0.3 is 0 Å². The molecule has 3 heterocycles. The van der Waals surface area contributed by atoms with E-state index in [1.165, 1.54) is 17.0 Å². The van der Waals surface area contributed by atoms with Crippen molar-refractivity contribution in [2.45, 2.75) is 32.7 Å². The average Bonchev–Trinajstić information content (AvgIpc) is 3.29. The van der Waals surface area contributed by atoms with Crippen molar-refractivity contribution in [1.29, 1.82) is 0 Å². The molecule has 4 rings (SSSR count). The van der Waals surface area contributed by atoms with Crippen LogP contribution in [0.3, 0.4) is 0 Å². The van der Waals surface area contributed by atoms with Gasteiger partial charge < -0.3 is 11.1 Å². The summed E-state index contributed by atoms with van der Waals surface area (Å²) in [4.78, 5) is 10.2. The summed E-state index contributed by atoms with van der Waals surface area (Å²) in [7, 11) is 0. The van der Waals surface area contributed by atoms with Crippen molar-refractivity contribution in [2.24, 2.45) is 0 Å². The van der Waals surface area contributed by atoms with Gasteiger partial charge in [0.1, 0.15) is 17.5 Å². The maximum atomic E-state index is 14.6. The van der Waals surface area contributed by atoms with E-state index in [9.17, 15) is 8.78 Å². The van der Waals surface area contributed by atoms with E-state index in [2.05, 4.69) is 26.4 Å². The summed E-state index contributed by atoms with van der Waals surface area (Å²) in [6, 6.07) is 7.44. The largest absolute Gasteiger partial charge is 0.383 e. The Morgan fingerprint density at radius 2 is 1.97 bits per heavy atom. The molecule has 0 saturated heterocycles. The van der Waals surface area contributed by atoms with Gasteiger partial charge in [0.05, 0.1) is 16.6 Å². The molecule has 4 aromatic rings. The fourth-order valence-electron chi connectivity index (χ4n) is 3.23. The van der Waals surface area contributed by atoms with Crippen LogP contribution in [0.25, 0.3) is 22.3 Å². The molecular formula is C21H22F2N6S. The molecular weight excluding hydrogens is 406 g/mol. The second-order valence-electron chi connectivity index (χ2n) is 7.94. The number of nitrogens with two attached hydrogens (primary N) is 1. The average molecular weight is 429 g/mol. The number of rotatable bonds is 5. The van der Waals surface area contributed by atoms with E-state index in [1.807, 2.05) is 32.2 Å². The van der Waals surface area contributed by atoms with E-state index in [1.54, 1.807) is 16.0 Å². The van der Waals surface area contributed by atoms with Crippen LogP contribution in [0.2, 0.25) is 0 Å². The van der Waals surface area contributed by atoms with Crippen molar-refractivity contribution in [1.82, 2.24) is 19.7 Å². The lowest BCUT2D eigenvalue weighted by atomic mass is 10.1. The highest BCUT2D eigenvalue weighted by Crippen LogP contribution is 2.35. The van der Waals surface area contributed by atoms with Gasteiger partial charge in [0.15, 0.2) is 5.65 Å². The van der Waals surface area contributed by atoms with Crippen LogP contribution in [-0.2, 0) is 12.0 Å². The predicted octanol–water partition coefficient (Wildman–Crippen LogP) is 4.82. The fourth-order valence-corrected chi connectivity index (χ4v) is 3.94. The van der Waals surface area contributed by atoms with E-state index in [4.69, 9.17) is 5.73 Å². The molecule has 6 nitrogen and oxygen atoms in total. The summed E-state index contributed by atoms with van der Waals surface area (Å²) in [5, 5.41) is 10.2. The lowest BCUT2D eigenvalue weighted by Crippen LogP contribution is -2.24. The van der Waals surface area contributed by atoms with Crippen molar-refractivity contribution in [3.63, 3.8) is 0 Å². The minimum atomic E-state index is -0.720. The number of nitrogen functional groups attached to an aromatic ring is 1. The summed E-state index contributed by atoms with van der Waals surface area (Å²) in [6.45, 7) is 6.48. The summed E-state index contributed by atoms with van der Waals surface area (Å²) in [6.07, 6.45) is 0.803. The van der Waals surface area contributed by atoms with Crippen LogP contribution in [0.4, 0.5) is 20.5 Å². The van der Waals surface area contributed by atoms with Crippen molar-refractivity contribution < 1.29 is 8.78 Å². The molecule has 0 aliphatic heterocycles. The topological polar surface area (TPSA) is 81.7 Å². The van der Waals surface area contributed by atoms with Gasteiger partial charge in [-0.25, -0.2) is 18.4 Å². The van der Waals surface area contributed by atoms with Gasteiger partial charge in [-0.1, -0.05) is 6.07 Å². The number of thiophene rings is 1. The molecule has 156 valence electrons. The number of halogens is 2. The first kappa shape index (κ1) is 20.2. The fraction of sp³-hybridized carbons (Fsp3) is 0.286. The van der Waals surface area contributed by atoms with Gasteiger partial charge in [-0.3, -0.25) is 0 Å². The number of anilines is 2. The summed E-state index contributed by atoms with van der Waals surface area (Å²) < 4.78 is 29.7. The number of benzene rings is 1. The van der Waals surface area contributed by atoms with Gasteiger partial charge in [-0.05, 0) is 50.8 Å². The van der Waals surface area contributed by atoms with Gasteiger partial charge in [0, 0.05) is 23.1 Å². The van der Waals surface area contributed by atoms with E-state index in [0.717, 1.165) is 12.5 Å². The number of fused-ring (bicyclic) bond motifs is 1. The molecule has 0 spiro atoms. The van der Waals surface area contributed by atoms with Gasteiger partial charge in [0.2, 0.25) is 5.95 Å². The summed E-state index contributed by atoms with van der Waals surface area (Å²) in [5.41, 5.74) is 6.74. The number of aromatic nitrogens is 4. The molecule has 3 aromatic heterocycles. The van der Waals surface area contributed by atoms with Crippen LogP contribution in [0.1, 0.15) is 25.6 Å². The monoisotopic (exact) mass is 428 g/mol. The van der Waals surface area contributed by atoms with E-state index >= 15 is 0 Å². The number of nitrogens with zero attached hydrogens (tertiary/aromatic N) is 4. The highest BCUT2D eigenvalue weighted by atomic mass is 32.1. The number of nitrogens with one attached hydrogen (secondary N) is 1. The molecule has 0 atom stereocenters. The van der Waals surface area contributed by atoms with E-state index in [-0.39, 0.29) is 11.3 Å². The van der Waals surface area contributed by atoms with Crippen LogP contribution < -0.4 is 11.1 Å². The van der Waals surface area contributed by atoms with Crippen LogP contribution in [0.5, 0.6) is 0 Å². The molecule has 0 fully saturated rings. The SMILES string of the molecule is CC(C)(C)n1nc2nc(NCCc3cccs3)nc(-c3ccc(F)cc3F)c2c1N. The second-order valence-corrected chi connectivity index (χ2v) is 8.97. The zero-order valence-electron chi connectivity index (χ0n) is 16.9. The summed E-state index contributed by atoms with van der Waals surface area (Å²) >= 11 is 1.67. The normalized spacial score (nSPS) is 11.9. The molecule has 0 radical (unpaired) electrons. The van der Waals surface area contributed by atoms with Crippen molar-refractivity contribution >= 4 is 34.1 Å². The Labute approximate surface area is 176 Å². The molecule has 3 N–H and O–H groups in total. The quantitative estimate of drug-likeness (QED) is 0.476. The van der Waals surface area contributed by atoms with Gasteiger partial charge in [-0.2, -0.15) is 4.98 Å². The third kappa shape index (κ3) is 3.85. The minimum Gasteiger partial charge on any atom is -0.383 e. The van der Waals surface area contributed by atoms with Crippen LogP contribution >= 0.6 is 11.3 Å². The van der Waals surface area contributed by atoms with Gasteiger partial charge in [0.25, 0.3) is 0 Å². The Hall–Kier alpha value is -3.07. The molecule has 0 aliphatic carbocycles. The van der Waals surface area contributed by atoms with Crippen molar-refractivity contribution in [3.05, 3.63) is 52.2 Å². The maximum Gasteiger partial charge on any atom is 0.225 e. The van der Waals surface area contributed by atoms with E-state index in [0.29, 0.717) is 29.3 Å². The first-order valence-corrected chi connectivity index (χ1v) is 10.4. The van der Waals surface area contributed by atoms with Crippen LogP contribution in [0, 0.1) is 11.6 Å². The Kier molecular flexibility index (Phi) is 5.15. The first-order valence-electron chi connectivity index (χ1n) is 9.52. The molecule has 0 aliphatic rings. The smallest absolute Gasteiger partial charge is 0.225 e. The Balaban J connectivity index is 1.82. The second kappa shape index (κ2) is 7.64. The first-order chi connectivity index (χ1) is 14.2. The predicted molar refractivity (Wildman–Crippen MR) is 117 cm³/mol. The number of hydrogen-bond donors (Lipinski definition) is 2.